The molecule has 7 nitrogen and oxygen atoms in total. The predicted molar refractivity (Wildman–Crippen MR) is 158 cm³/mol. The fraction of sp³-hybridized carbons (Fsp3) is 0.559. The van der Waals surface area contributed by atoms with Crippen molar-refractivity contribution >= 4 is 23.1 Å². The SMILES string of the molecule is C=CCC(C)Cc1cc(C(C)C)c2c(c1O)C(O)=C1C(=O)[C@@]3(O)C(O)=C(C(C)=O)C(=O)C(C(C)C)[C@@]3(C)C[C@@]1(C)C2. The molecule has 0 bridgehead atoms. The van der Waals surface area contributed by atoms with E-state index < -0.39 is 56.8 Å². The highest BCUT2D eigenvalue weighted by Crippen LogP contribution is 2.65. The van der Waals surface area contributed by atoms with E-state index in [0.717, 1.165) is 24.5 Å². The zero-order valence-corrected chi connectivity index (χ0v) is 25.5. The molecule has 41 heavy (non-hydrogen) atoms. The molecular formula is C34H44O7. The number of hydrogen-bond acceptors (Lipinski definition) is 7. The van der Waals surface area contributed by atoms with E-state index in [1.54, 1.807) is 20.8 Å². The highest BCUT2D eigenvalue weighted by Gasteiger charge is 2.72. The summed E-state index contributed by atoms with van der Waals surface area (Å²) in [6.07, 6.45) is 3.46. The van der Waals surface area contributed by atoms with Crippen LogP contribution in [0.4, 0.5) is 0 Å². The number of aromatic hydroxyl groups is 1. The number of ketones is 3. The van der Waals surface area contributed by atoms with Gasteiger partial charge < -0.3 is 20.4 Å². The van der Waals surface area contributed by atoms with Crippen LogP contribution in [0.15, 0.2) is 35.6 Å². The number of fused-ring (bicyclic) bond motifs is 3. The van der Waals surface area contributed by atoms with Crippen molar-refractivity contribution in [3.05, 3.63) is 57.9 Å². The fourth-order valence-electron chi connectivity index (χ4n) is 8.29. The summed E-state index contributed by atoms with van der Waals surface area (Å²) >= 11 is 0. The molecule has 0 spiro atoms. The van der Waals surface area contributed by atoms with Crippen LogP contribution in [-0.4, -0.2) is 43.4 Å². The lowest BCUT2D eigenvalue weighted by Crippen LogP contribution is -2.69. The highest BCUT2D eigenvalue weighted by molar-refractivity contribution is 6.24. The summed E-state index contributed by atoms with van der Waals surface area (Å²) < 4.78 is 0. The first kappa shape index (κ1) is 30.8. The monoisotopic (exact) mass is 564 g/mol. The van der Waals surface area contributed by atoms with Crippen molar-refractivity contribution in [1.82, 2.24) is 0 Å². The van der Waals surface area contributed by atoms with E-state index >= 15 is 0 Å². The van der Waals surface area contributed by atoms with Gasteiger partial charge in [-0.3, -0.25) is 14.4 Å². The number of Topliss-reactive ketones (excluding diaryl/α,β-unsaturated/α-hetero) is 3. The second-order valence-corrected chi connectivity index (χ2v) is 13.8. The first-order chi connectivity index (χ1) is 18.9. The smallest absolute Gasteiger partial charge is 0.203 e. The van der Waals surface area contributed by atoms with E-state index in [2.05, 4.69) is 6.58 Å². The molecule has 3 aliphatic carbocycles. The molecule has 5 atom stereocenters. The molecule has 1 aromatic carbocycles. The number of benzene rings is 1. The Bertz CT molecular complexity index is 1430. The van der Waals surface area contributed by atoms with Gasteiger partial charge in [0, 0.05) is 22.3 Å². The molecule has 0 amide bonds. The number of aliphatic hydroxyl groups is 3. The third kappa shape index (κ3) is 4.14. The summed E-state index contributed by atoms with van der Waals surface area (Å²) in [7, 11) is 0. The molecule has 2 unspecified atom stereocenters. The van der Waals surface area contributed by atoms with Crippen molar-refractivity contribution < 1.29 is 34.8 Å². The second kappa shape index (κ2) is 9.97. The van der Waals surface area contributed by atoms with Crippen LogP contribution in [-0.2, 0) is 27.2 Å². The molecule has 0 heterocycles. The predicted octanol–water partition coefficient (Wildman–Crippen LogP) is 6.07. The molecule has 4 N–H and O–H groups in total. The van der Waals surface area contributed by atoms with E-state index in [0.29, 0.717) is 12.0 Å². The number of allylic oxidation sites excluding steroid dienone is 2. The van der Waals surface area contributed by atoms with Crippen LogP contribution in [0, 0.1) is 28.6 Å². The van der Waals surface area contributed by atoms with E-state index in [1.165, 1.54) is 0 Å². The van der Waals surface area contributed by atoms with E-state index in [9.17, 15) is 34.8 Å². The van der Waals surface area contributed by atoms with E-state index in [4.69, 9.17) is 0 Å². The van der Waals surface area contributed by atoms with Gasteiger partial charge in [0.15, 0.2) is 17.2 Å². The highest BCUT2D eigenvalue weighted by atomic mass is 16.3. The van der Waals surface area contributed by atoms with Gasteiger partial charge in [0.05, 0.1) is 5.56 Å². The average molecular weight is 565 g/mol. The standard InChI is InChI=1S/C34H44O7/c1-10-11-18(6)12-20-13-21(16(2)3)22-14-32(8)15-33(9)25(17(4)5)28(37)23(19(7)35)30(39)34(33,41)31(40)26(32)29(38)24(22)27(20)36/h10,13,16-18,25,36,38-39,41H,1,11-12,14-15H2,2-9H3/t18?,25?,32-,33-,34+/m1/s1. The van der Waals surface area contributed by atoms with Crippen molar-refractivity contribution in [2.75, 3.05) is 0 Å². The summed E-state index contributed by atoms with van der Waals surface area (Å²) in [6.45, 7) is 18.1. The van der Waals surface area contributed by atoms with Gasteiger partial charge in [-0.15, -0.1) is 6.58 Å². The summed E-state index contributed by atoms with van der Waals surface area (Å²) in [4.78, 5) is 40.7. The second-order valence-electron chi connectivity index (χ2n) is 13.8. The molecule has 1 saturated carbocycles. The summed E-state index contributed by atoms with van der Waals surface area (Å²) in [5.74, 6) is -4.81. The van der Waals surface area contributed by atoms with Crippen molar-refractivity contribution in [2.24, 2.45) is 28.6 Å². The first-order valence-corrected chi connectivity index (χ1v) is 14.6. The molecule has 0 aromatic heterocycles. The summed E-state index contributed by atoms with van der Waals surface area (Å²) in [6, 6.07) is 1.98. The third-order valence-electron chi connectivity index (χ3n) is 9.88. The van der Waals surface area contributed by atoms with E-state index in [-0.39, 0.29) is 47.5 Å². The first-order valence-electron chi connectivity index (χ1n) is 14.6. The molecule has 7 heteroatoms. The minimum atomic E-state index is -2.61. The largest absolute Gasteiger partial charge is 0.508 e. The zero-order valence-electron chi connectivity index (χ0n) is 25.5. The third-order valence-corrected chi connectivity index (χ3v) is 9.88. The number of hydrogen-bond donors (Lipinski definition) is 4. The van der Waals surface area contributed by atoms with Gasteiger partial charge in [-0.05, 0) is 67.1 Å². The van der Waals surface area contributed by atoms with Gasteiger partial charge in [0.2, 0.25) is 5.78 Å². The van der Waals surface area contributed by atoms with Crippen molar-refractivity contribution in [2.45, 2.75) is 92.6 Å². The summed E-state index contributed by atoms with van der Waals surface area (Å²) in [5, 5.41) is 46.9. The Labute approximate surface area is 242 Å². The van der Waals surface area contributed by atoms with Gasteiger partial charge in [-0.1, -0.05) is 60.6 Å². The number of carbonyl (C=O) groups excluding carboxylic acids is 3. The fourth-order valence-corrected chi connectivity index (χ4v) is 8.29. The molecule has 0 radical (unpaired) electrons. The molecular weight excluding hydrogens is 520 g/mol. The van der Waals surface area contributed by atoms with Gasteiger partial charge in [-0.25, -0.2) is 0 Å². The lowest BCUT2D eigenvalue weighted by molar-refractivity contribution is -0.178. The van der Waals surface area contributed by atoms with Crippen LogP contribution in [0.2, 0.25) is 0 Å². The van der Waals surface area contributed by atoms with Crippen LogP contribution >= 0.6 is 0 Å². The van der Waals surface area contributed by atoms with E-state index in [1.807, 2.05) is 39.8 Å². The Morgan fingerprint density at radius 1 is 1.12 bits per heavy atom. The maximum atomic E-state index is 14.5. The number of phenolic OH excluding ortho intramolecular Hbond substituents is 1. The molecule has 0 saturated heterocycles. The molecule has 0 aliphatic heterocycles. The number of phenols is 1. The van der Waals surface area contributed by atoms with Crippen LogP contribution in [0.1, 0.15) is 96.4 Å². The quantitative estimate of drug-likeness (QED) is 0.233. The topological polar surface area (TPSA) is 132 Å². The molecule has 3 aliphatic rings. The van der Waals surface area contributed by atoms with Gasteiger partial charge in [0.1, 0.15) is 22.8 Å². The number of rotatable bonds is 7. The Morgan fingerprint density at radius 3 is 2.24 bits per heavy atom. The Balaban J connectivity index is 2.06. The van der Waals surface area contributed by atoms with Gasteiger partial charge in [0.25, 0.3) is 0 Å². The van der Waals surface area contributed by atoms with Gasteiger partial charge >= 0.3 is 0 Å². The molecule has 1 fully saturated rings. The van der Waals surface area contributed by atoms with Crippen LogP contribution < -0.4 is 0 Å². The maximum absolute atomic E-state index is 14.5. The Morgan fingerprint density at radius 2 is 1.73 bits per heavy atom. The minimum Gasteiger partial charge on any atom is -0.508 e. The molecule has 1 aromatic rings. The Hall–Kier alpha value is -3.19. The van der Waals surface area contributed by atoms with Crippen molar-refractivity contribution in [1.29, 1.82) is 0 Å². The van der Waals surface area contributed by atoms with Gasteiger partial charge in [-0.2, -0.15) is 0 Å². The number of aliphatic hydroxyl groups excluding tert-OH is 2. The van der Waals surface area contributed by atoms with Crippen LogP contribution in [0.25, 0.3) is 5.76 Å². The van der Waals surface area contributed by atoms with Crippen molar-refractivity contribution in [3.63, 3.8) is 0 Å². The lowest BCUT2D eigenvalue weighted by Gasteiger charge is -2.60. The summed E-state index contributed by atoms with van der Waals surface area (Å²) in [5.41, 5.74) is -3.26. The van der Waals surface area contributed by atoms with Crippen LogP contribution in [0.3, 0.4) is 0 Å². The minimum absolute atomic E-state index is 0.0485. The number of carbonyl (C=O) groups is 3. The Kier molecular flexibility index (Phi) is 7.48. The lowest BCUT2D eigenvalue weighted by atomic mass is 9.43. The average Bonchev–Trinajstić information content (AvgIpc) is 2.82. The molecule has 222 valence electrons. The molecule has 4 rings (SSSR count). The maximum Gasteiger partial charge on any atom is 0.203 e. The van der Waals surface area contributed by atoms with Crippen LogP contribution in [0.5, 0.6) is 5.75 Å². The van der Waals surface area contributed by atoms with Crippen molar-refractivity contribution in [3.8, 4) is 5.75 Å². The normalized spacial score (nSPS) is 30.4. The zero-order chi connectivity index (χ0) is 31.0.